The van der Waals surface area contributed by atoms with Crippen molar-refractivity contribution >= 4 is 44.3 Å². The monoisotopic (exact) mass is 325 g/mol. The minimum absolute atomic E-state index is 0.316. The summed E-state index contributed by atoms with van der Waals surface area (Å²) < 4.78 is 0.958. The molecule has 0 atom stereocenters. The number of alkyl halides is 1. The summed E-state index contributed by atoms with van der Waals surface area (Å²) in [6.07, 6.45) is 5.73. The zero-order valence-corrected chi connectivity index (χ0v) is 12.2. The molecule has 0 bridgehead atoms. The Morgan fingerprint density at radius 2 is 2.06 bits per heavy atom. The van der Waals surface area contributed by atoms with Gasteiger partial charge >= 0.3 is 0 Å². The van der Waals surface area contributed by atoms with E-state index in [0.717, 1.165) is 47.1 Å². The molecule has 1 aliphatic heterocycles. The lowest BCUT2D eigenvalue weighted by Crippen LogP contribution is -2.34. The SMILES string of the molecule is ClC1CCN(c2ccnc3cc(Br)cnc23)CC1. The Labute approximate surface area is 119 Å². The zero-order valence-electron chi connectivity index (χ0n) is 9.81. The van der Waals surface area contributed by atoms with Gasteiger partial charge in [-0.25, -0.2) is 0 Å². The zero-order chi connectivity index (χ0) is 12.5. The molecule has 0 aliphatic carbocycles. The molecular formula is C13H13BrClN3. The number of pyridine rings is 2. The van der Waals surface area contributed by atoms with Crippen molar-refractivity contribution in [3.05, 3.63) is 29.0 Å². The van der Waals surface area contributed by atoms with Crippen LogP contribution >= 0.6 is 27.5 Å². The number of rotatable bonds is 1. The quantitative estimate of drug-likeness (QED) is 0.750. The highest BCUT2D eigenvalue weighted by Gasteiger charge is 2.19. The van der Waals surface area contributed by atoms with Gasteiger partial charge in [-0.15, -0.1) is 11.6 Å². The van der Waals surface area contributed by atoms with E-state index in [9.17, 15) is 0 Å². The number of anilines is 1. The molecule has 3 nitrogen and oxygen atoms in total. The van der Waals surface area contributed by atoms with Gasteiger partial charge in [0, 0.05) is 35.3 Å². The second-order valence-electron chi connectivity index (χ2n) is 4.51. The molecule has 1 fully saturated rings. The number of halogens is 2. The Morgan fingerprint density at radius 1 is 1.28 bits per heavy atom. The Bertz CT molecular complexity index is 567. The van der Waals surface area contributed by atoms with E-state index < -0.39 is 0 Å². The summed E-state index contributed by atoms with van der Waals surface area (Å²) in [5.74, 6) is 0. The van der Waals surface area contributed by atoms with Crippen molar-refractivity contribution in [2.75, 3.05) is 18.0 Å². The lowest BCUT2D eigenvalue weighted by Gasteiger charge is -2.31. The van der Waals surface area contributed by atoms with Gasteiger partial charge in [0.15, 0.2) is 0 Å². The number of hydrogen-bond acceptors (Lipinski definition) is 3. The number of piperidine rings is 1. The molecule has 5 heteroatoms. The van der Waals surface area contributed by atoms with Gasteiger partial charge in [-0.05, 0) is 40.9 Å². The van der Waals surface area contributed by atoms with Crippen LogP contribution in [0.15, 0.2) is 29.0 Å². The third-order valence-electron chi connectivity index (χ3n) is 3.29. The van der Waals surface area contributed by atoms with Crippen LogP contribution in [0.25, 0.3) is 11.0 Å². The lowest BCUT2D eigenvalue weighted by molar-refractivity contribution is 0.586. The normalized spacial score (nSPS) is 17.3. The van der Waals surface area contributed by atoms with Crippen molar-refractivity contribution in [1.82, 2.24) is 9.97 Å². The third kappa shape index (κ3) is 2.31. The van der Waals surface area contributed by atoms with Crippen LogP contribution in [0.3, 0.4) is 0 Å². The van der Waals surface area contributed by atoms with E-state index >= 15 is 0 Å². The van der Waals surface area contributed by atoms with Crippen LogP contribution in [-0.2, 0) is 0 Å². The van der Waals surface area contributed by atoms with E-state index in [1.54, 1.807) is 0 Å². The van der Waals surface area contributed by atoms with E-state index in [-0.39, 0.29) is 0 Å². The summed E-state index contributed by atoms with van der Waals surface area (Å²) in [5, 5.41) is 0.316. The summed E-state index contributed by atoms with van der Waals surface area (Å²) in [5.41, 5.74) is 3.06. The Morgan fingerprint density at radius 3 is 2.83 bits per heavy atom. The fourth-order valence-corrected chi connectivity index (χ4v) is 2.85. The largest absolute Gasteiger partial charge is 0.370 e. The van der Waals surface area contributed by atoms with E-state index in [1.165, 1.54) is 0 Å². The average Bonchev–Trinajstić information content (AvgIpc) is 2.38. The smallest absolute Gasteiger partial charge is 0.112 e. The Balaban J connectivity index is 2.01. The average molecular weight is 327 g/mol. The van der Waals surface area contributed by atoms with Gasteiger partial charge in [0.1, 0.15) is 5.52 Å². The van der Waals surface area contributed by atoms with Gasteiger partial charge in [-0.1, -0.05) is 0 Å². The molecule has 0 saturated carbocycles. The van der Waals surface area contributed by atoms with Crippen LogP contribution in [0.1, 0.15) is 12.8 Å². The molecule has 94 valence electrons. The fourth-order valence-electron chi connectivity index (χ4n) is 2.34. The first kappa shape index (κ1) is 12.2. The maximum absolute atomic E-state index is 6.15. The van der Waals surface area contributed by atoms with Crippen molar-refractivity contribution in [3.8, 4) is 0 Å². The van der Waals surface area contributed by atoms with Gasteiger partial charge in [0.05, 0.1) is 11.2 Å². The predicted octanol–water partition coefficient (Wildman–Crippen LogP) is 3.60. The van der Waals surface area contributed by atoms with Gasteiger partial charge in [0.2, 0.25) is 0 Å². The van der Waals surface area contributed by atoms with Gasteiger partial charge in [-0.2, -0.15) is 0 Å². The minimum Gasteiger partial charge on any atom is -0.370 e. The molecule has 2 aromatic rings. The maximum Gasteiger partial charge on any atom is 0.112 e. The van der Waals surface area contributed by atoms with Crippen LogP contribution in [-0.4, -0.2) is 28.4 Å². The molecule has 3 rings (SSSR count). The minimum atomic E-state index is 0.316. The number of nitrogens with zero attached hydrogens (tertiary/aromatic N) is 3. The number of hydrogen-bond donors (Lipinski definition) is 0. The summed E-state index contributed by atoms with van der Waals surface area (Å²) in [6, 6.07) is 4.04. The molecule has 1 aliphatic rings. The second kappa shape index (κ2) is 5.02. The van der Waals surface area contributed by atoms with E-state index in [1.807, 2.05) is 24.5 Å². The highest BCUT2D eigenvalue weighted by molar-refractivity contribution is 9.10. The predicted molar refractivity (Wildman–Crippen MR) is 78.3 cm³/mol. The number of fused-ring (bicyclic) bond motifs is 1. The highest BCUT2D eigenvalue weighted by atomic mass is 79.9. The van der Waals surface area contributed by atoms with Crippen LogP contribution in [0.4, 0.5) is 5.69 Å². The van der Waals surface area contributed by atoms with Crippen LogP contribution in [0, 0.1) is 0 Å². The van der Waals surface area contributed by atoms with Crippen LogP contribution in [0.2, 0.25) is 0 Å². The van der Waals surface area contributed by atoms with Gasteiger partial charge in [0.25, 0.3) is 0 Å². The molecule has 0 radical (unpaired) electrons. The molecule has 0 spiro atoms. The van der Waals surface area contributed by atoms with Crippen molar-refractivity contribution in [1.29, 1.82) is 0 Å². The van der Waals surface area contributed by atoms with Crippen LogP contribution < -0.4 is 4.90 Å². The molecular weight excluding hydrogens is 314 g/mol. The lowest BCUT2D eigenvalue weighted by atomic mass is 10.1. The maximum atomic E-state index is 6.15. The van der Waals surface area contributed by atoms with Gasteiger partial charge < -0.3 is 4.90 Å². The summed E-state index contributed by atoms with van der Waals surface area (Å²) >= 11 is 9.57. The topological polar surface area (TPSA) is 29.0 Å². The fraction of sp³-hybridized carbons (Fsp3) is 0.385. The van der Waals surface area contributed by atoms with E-state index in [2.05, 4.69) is 30.8 Å². The first-order valence-corrected chi connectivity index (χ1v) is 7.26. The molecule has 0 aromatic carbocycles. The first-order valence-electron chi connectivity index (χ1n) is 6.03. The summed E-state index contributed by atoms with van der Waals surface area (Å²) in [7, 11) is 0. The Kier molecular flexibility index (Phi) is 3.39. The van der Waals surface area contributed by atoms with Crippen molar-refractivity contribution in [2.24, 2.45) is 0 Å². The molecule has 0 unspecified atom stereocenters. The molecule has 2 aromatic heterocycles. The first-order chi connectivity index (χ1) is 8.74. The molecule has 3 heterocycles. The van der Waals surface area contributed by atoms with Crippen molar-refractivity contribution in [3.63, 3.8) is 0 Å². The van der Waals surface area contributed by atoms with Crippen molar-refractivity contribution in [2.45, 2.75) is 18.2 Å². The molecule has 18 heavy (non-hydrogen) atoms. The highest BCUT2D eigenvalue weighted by Crippen LogP contribution is 2.28. The van der Waals surface area contributed by atoms with E-state index in [4.69, 9.17) is 11.6 Å². The van der Waals surface area contributed by atoms with Crippen LogP contribution in [0.5, 0.6) is 0 Å². The van der Waals surface area contributed by atoms with Gasteiger partial charge in [-0.3, -0.25) is 9.97 Å². The van der Waals surface area contributed by atoms with Crippen molar-refractivity contribution < 1.29 is 0 Å². The number of aromatic nitrogens is 2. The molecule has 1 saturated heterocycles. The second-order valence-corrected chi connectivity index (χ2v) is 6.05. The standard InChI is InChI=1S/C13H13BrClN3/c14-9-7-11-13(17-8-9)12(1-4-16-11)18-5-2-10(15)3-6-18/h1,4,7-8,10H,2-3,5-6H2. The molecule has 0 N–H and O–H groups in total. The summed E-state index contributed by atoms with van der Waals surface area (Å²) in [6.45, 7) is 1.98. The summed E-state index contributed by atoms with van der Waals surface area (Å²) in [4.78, 5) is 11.2. The Hall–Kier alpha value is -0.870. The molecule has 0 amide bonds. The van der Waals surface area contributed by atoms with E-state index in [0.29, 0.717) is 5.38 Å². The third-order valence-corrected chi connectivity index (χ3v) is 4.16.